The summed E-state index contributed by atoms with van der Waals surface area (Å²) in [6, 6.07) is 3.16. The number of amides is 1. The topological polar surface area (TPSA) is 79.2 Å². The van der Waals surface area contributed by atoms with E-state index in [4.69, 9.17) is 9.16 Å². The second kappa shape index (κ2) is 6.46. The Balaban J connectivity index is 1.93. The lowest BCUT2D eigenvalue weighted by molar-refractivity contribution is -0.161. The molecule has 1 amide bonds. The summed E-state index contributed by atoms with van der Waals surface area (Å²) in [7, 11) is -1.80. The average molecular weight is 370 g/mol. The van der Waals surface area contributed by atoms with Gasteiger partial charge in [0.05, 0.1) is 23.7 Å². The molecule has 0 saturated carbocycles. The summed E-state index contributed by atoms with van der Waals surface area (Å²) < 4.78 is 12.2. The summed E-state index contributed by atoms with van der Waals surface area (Å²) in [5.41, 5.74) is -1.74. The predicted octanol–water partition coefficient (Wildman–Crippen LogP) is 1.63. The number of aliphatic hydroxyl groups is 2. The Labute approximate surface area is 150 Å². The van der Waals surface area contributed by atoms with Gasteiger partial charge < -0.3 is 24.3 Å². The molecule has 1 spiro atoms. The number of aliphatic hydroxyl groups excluding tert-OH is 2. The highest BCUT2D eigenvalue weighted by molar-refractivity contribution is 6.73. The van der Waals surface area contributed by atoms with Gasteiger partial charge in [-0.3, -0.25) is 4.79 Å². The molecule has 0 bridgehead atoms. The van der Waals surface area contributed by atoms with Crippen molar-refractivity contribution in [1.82, 2.24) is 4.90 Å². The molecule has 142 valence electrons. The highest BCUT2D eigenvalue weighted by Gasteiger charge is 2.76. The van der Waals surface area contributed by atoms with Crippen LogP contribution in [0.15, 0.2) is 12.7 Å². The van der Waals surface area contributed by atoms with E-state index in [9.17, 15) is 15.0 Å². The molecule has 5 atom stereocenters. The molecule has 0 aliphatic carbocycles. The summed E-state index contributed by atoms with van der Waals surface area (Å²) in [4.78, 5) is 14.5. The van der Waals surface area contributed by atoms with Crippen molar-refractivity contribution in [2.24, 2.45) is 5.41 Å². The standard InChI is InChI=1S/C18H31NO5Si/c1-5-9-18-14(20)15(21)19-11-13(24-25(6-2,7-3)8-4)10-17(18,19)12-23-16(18)22/h5,13-14,16,20,22H,1,6-12H2,2-4H3/t13-,14-,16+,17+,18-/m1/s1. The van der Waals surface area contributed by atoms with Gasteiger partial charge in [-0.15, -0.1) is 6.58 Å². The number of ether oxygens (including phenoxy) is 1. The molecule has 0 aromatic rings. The molecule has 6 nitrogen and oxygen atoms in total. The number of hydrogen-bond donors (Lipinski definition) is 2. The first-order valence-corrected chi connectivity index (χ1v) is 12.0. The van der Waals surface area contributed by atoms with Crippen molar-refractivity contribution in [2.75, 3.05) is 13.2 Å². The second-order valence-electron chi connectivity index (χ2n) is 7.77. The molecule has 0 unspecified atom stereocenters. The molecule has 3 aliphatic rings. The third-order valence-corrected chi connectivity index (χ3v) is 11.8. The minimum absolute atomic E-state index is 0.0546. The predicted molar refractivity (Wildman–Crippen MR) is 96.3 cm³/mol. The highest BCUT2D eigenvalue weighted by atomic mass is 28.4. The third-order valence-electron chi connectivity index (χ3n) is 7.07. The number of hydrogen-bond acceptors (Lipinski definition) is 5. The molecular formula is C18H31NO5Si. The summed E-state index contributed by atoms with van der Waals surface area (Å²) >= 11 is 0. The molecule has 7 heteroatoms. The van der Waals surface area contributed by atoms with Crippen LogP contribution < -0.4 is 0 Å². The monoisotopic (exact) mass is 369 g/mol. The van der Waals surface area contributed by atoms with Gasteiger partial charge in [-0.25, -0.2) is 0 Å². The maximum absolute atomic E-state index is 12.8. The Morgan fingerprint density at radius 3 is 2.56 bits per heavy atom. The van der Waals surface area contributed by atoms with Gasteiger partial charge in [-0.2, -0.15) is 0 Å². The lowest BCUT2D eigenvalue weighted by atomic mass is 9.66. The van der Waals surface area contributed by atoms with Crippen LogP contribution in [0.4, 0.5) is 0 Å². The van der Waals surface area contributed by atoms with E-state index in [0.717, 1.165) is 18.1 Å². The highest BCUT2D eigenvalue weighted by Crippen LogP contribution is 2.60. The maximum atomic E-state index is 12.8. The van der Waals surface area contributed by atoms with Crippen molar-refractivity contribution in [2.45, 2.75) is 75.8 Å². The van der Waals surface area contributed by atoms with E-state index in [2.05, 4.69) is 27.4 Å². The van der Waals surface area contributed by atoms with Gasteiger partial charge in [0.2, 0.25) is 0 Å². The molecule has 3 aliphatic heterocycles. The molecule has 0 aromatic carbocycles. The zero-order valence-corrected chi connectivity index (χ0v) is 16.5. The van der Waals surface area contributed by atoms with Gasteiger partial charge in [0.25, 0.3) is 5.91 Å². The lowest BCUT2D eigenvalue weighted by Gasteiger charge is -2.40. The largest absolute Gasteiger partial charge is 0.412 e. The van der Waals surface area contributed by atoms with E-state index < -0.39 is 31.7 Å². The molecule has 25 heavy (non-hydrogen) atoms. The van der Waals surface area contributed by atoms with Gasteiger partial charge in [0.15, 0.2) is 14.6 Å². The number of carbonyl (C=O) groups excluding carboxylic acids is 1. The third kappa shape index (κ3) is 2.33. The Kier molecular flexibility index (Phi) is 4.92. The molecule has 0 radical (unpaired) electrons. The summed E-state index contributed by atoms with van der Waals surface area (Å²) in [5.74, 6) is -0.313. The average Bonchev–Trinajstić information content (AvgIpc) is 3.17. The normalized spacial score (nSPS) is 40.4. The number of carbonyl (C=O) groups is 1. The fraction of sp³-hybridized carbons (Fsp3) is 0.833. The SMILES string of the molecule is C=CC[C@]12[C@H](O)C(=O)N3C[C@H](O[Si](CC)(CC)CC)C[C@@]31CO[C@@H]2O. The van der Waals surface area contributed by atoms with Crippen LogP contribution in [0.3, 0.4) is 0 Å². The van der Waals surface area contributed by atoms with Gasteiger partial charge in [-0.05, 0) is 24.6 Å². The number of rotatable bonds is 7. The fourth-order valence-electron chi connectivity index (χ4n) is 5.37. The number of nitrogens with zero attached hydrogens (tertiary/aromatic N) is 1. The Hall–Kier alpha value is -0.733. The van der Waals surface area contributed by atoms with E-state index in [1.165, 1.54) is 0 Å². The Morgan fingerprint density at radius 2 is 2.00 bits per heavy atom. The van der Waals surface area contributed by atoms with E-state index in [1.54, 1.807) is 11.0 Å². The molecule has 2 N–H and O–H groups in total. The summed E-state index contributed by atoms with van der Waals surface area (Å²) in [6.07, 6.45) is 0.128. The second-order valence-corrected chi connectivity index (χ2v) is 12.5. The van der Waals surface area contributed by atoms with Crippen LogP contribution in [-0.2, 0) is 14.0 Å². The number of allylic oxidation sites excluding steroid dienone is 1. The molecule has 0 aromatic heterocycles. The van der Waals surface area contributed by atoms with Crippen molar-refractivity contribution in [3.63, 3.8) is 0 Å². The molecular weight excluding hydrogens is 338 g/mol. The molecule has 3 saturated heterocycles. The van der Waals surface area contributed by atoms with Crippen LogP contribution in [-0.4, -0.2) is 66.5 Å². The first-order chi connectivity index (χ1) is 11.9. The summed E-state index contributed by atoms with van der Waals surface area (Å²) in [6.45, 7) is 11.0. The quantitative estimate of drug-likeness (QED) is 0.527. The van der Waals surface area contributed by atoms with Crippen molar-refractivity contribution in [3.8, 4) is 0 Å². The van der Waals surface area contributed by atoms with E-state index >= 15 is 0 Å². The van der Waals surface area contributed by atoms with Gasteiger partial charge in [0, 0.05) is 13.0 Å². The molecule has 3 rings (SSSR count). The van der Waals surface area contributed by atoms with E-state index in [0.29, 0.717) is 19.4 Å². The van der Waals surface area contributed by atoms with Crippen LogP contribution in [0, 0.1) is 5.41 Å². The van der Waals surface area contributed by atoms with E-state index in [-0.39, 0.29) is 18.6 Å². The lowest BCUT2D eigenvalue weighted by Crippen LogP contribution is -2.54. The first-order valence-electron chi connectivity index (χ1n) is 9.44. The minimum atomic E-state index is -1.80. The van der Waals surface area contributed by atoms with Crippen molar-refractivity contribution >= 4 is 14.2 Å². The van der Waals surface area contributed by atoms with Crippen LogP contribution in [0.5, 0.6) is 0 Å². The molecule has 3 fully saturated rings. The molecule has 3 heterocycles. The van der Waals surface area contributed by atoms with Crippen LogP contribution >= 0.6 is 0 Å². The van der Waals surface area contributed by atoms with E-state index in [1.807, 2.05) is 0 Å². The summed E-state index contributed by atoms with van der Waals surface area (Å²) in [5, 5.41) is 21.2. The van der Waals surface area contributed by atoms with Gasteiger partial charge in [0.1, 0.15) is 6.10 Å². The smallest absolute Gasteiger partial charge is 0.252 e. The zero-order valence-electron chi connectivity index (χ0n) is 15.5. The Morgan fingerprint density at radius 1 is 1.36 bits per heavy atom. The van der Waals surface area contributed by atoms with Crippen LogP contribution in [0.25, 0.3) is 0 Å². The van der Waals surface area contributed by atoms with Crippen molar-refractivity contribution in [3.05, 3.63) is 12.7 Å². The van der Waals surface area contributed by atoms with Crippen LogP contribution in [0.1, 0.15) is 33.6 Å². The zero-order chi connectivity index (χ0) is 18.5. The van der Waals surface area contributed by atoms with Crippen LogP contribution in [0.2, 0.25) is 18.1 Å². The Bertz CT molecular complexity index is 545. The van der Waals surface area contributed by atoms with Crippen molar-refractivity contribution < 1.29 is 24.2 Å². The van der Waals surface area contributed by atoms with Crippen molar-refractivity contribution in [1.29, 1.82) is 0 Å². The van der Waals surface area contributed by atoms with Gasteiger partial charge >= 0.3 is 0 Å². The minimum Gasteiger partial charge on any atom is -0.412 e. The maximum Gasteiger partial charge on any atom is 0.252 e. The van der Waals surface area contributed by atoms with Gasteiger partial charge in [-0.1, -0.05) is 26.8 Å². The fourth-order valence-corrected chi connectivity index (χ4v) is 8.23. The first kappa shape index (κ1) is 19.0.